The van der Waals surface area contributed by atoms with Crippen molar-refractivity contribution in [3.05, 3.63) is 63.1 Å². The molecular weight excluding hydrogens is 422 g/mol. The fraction of sp³-hybridized carbons (Fsp3) is 0.190. The molecule has 28 heavy (non-hydrogen) atoms. The summed E-state index contributed by atoms with van der Waals surface area (Å²) in [5.74, 6) is 1.53. The van der Waals surface area contributed by atoms with Gasteiger partial charge in [-0.2, -0.15) is 5.26 Å². The first-order chi connectivity index (χ1) is 13.5. The lowest BCUT2D eigenvalue weighted by atomic mass is 9.83. The van der Waals surface area contributed by atoms with E-state index in [4.69, 9.17) is 19.9 Å². The van der Waals surface area contributed by atoms with Crippen molar-refractivity contribution in [1.29, 1.82) is 5.26 Å². The van der Waals surface area contributed by atoms with Crippen molar-refractivity contribution >= 4 is 26.8 Å². The van der Waals surface area contributed by atoms with Crippen LogP contribution >= 0.6 is 15.9 Å². The highest BCUT2D eigenvalue weighted by Crippen LogP contribution is 2.48. The fourth-order valence-corrected chi connectivity index (χ4v) is 4.22. The number of methoxy groups -OCH3 is 2. The highest BCUT2D eigenvalue weighted by atomic mass is 79.9. The number of allylic oxidation sites excluding steroid dienone is 1. The quantitative estimate of drug-likeness (QED) is 0.627. The fourth-order valence-electron chi connectivity index (χ4n) is 3.67. The van der Waals surface area contributed by atoms with E-state index in [0.29, 0.717) is 22.8 Å². The summed E-state index contributed by atoms with van der Waals surface area (Å²) in [6.45, 7) is 1.98. The van der Waals surface area contributed by atoms with Crippen LogP contribution < -0.4 is 19.9 Å². The maximum atomic E-state index is 9.81. The number of nitriles is 1. The molecule has 6 nitrogen and oxygen atoms in total. The Hall–Kier alpha value is -3.11. The van der Waals surface area contributed by atoms with Gasteiger partial charge in [0.1, 0.15) is 17.4 Å². The summed E-state index contributed by atoms with van der Waals surface area (Å²) in [4.78, 5) is 3.30. The molecule has 1 unspecified atom stereocenters. The van der Waals surface area contributed by atoms with Crippen molar-refractivity contribution in [2.24, 2.45) is 5.73 Å². The predicted octanol–water partition coefficient (Wildman–Crippen LogP) is 4.47. The Morgan fingerprint density at radius 3 is 2.54 bits per heavy atom. The number of H-pyrrole nitrogens is 1. The lowest BCUT2D eigenvalue weighted by Gasteiger charge is -2.28. The van der Waals surface area contributed by atoms with Gasteiger partial charge in [0.2, 0.25) is 5.88 Å². The largest absolute Gasteiger partial charge is 0.493 e. The average Bonchev–Trinajstić information content (AvgIpc) is 3.07. The molecule has 1 atom stereocenters. The van der Waals surface area contributed by atoms with E-state index in [0.717, 1.165) is 32.2 Å². The molecule has 1 aliphatic rings. The molecule has 0 saturated heterocycles. The van der Waals surface area contributed by atoms with Gasteiger partial charge in [0.05, 0.1) is 20.1 Å². The summed E-state index contributed by atoms with van der Waals surface area (Å²) in [7, 11) is 3.16. The maximum Gasteiger partial charge on any atom is 0.205 e. The molecule has 0 saturated carbocycles. The number of fused-ring (bicyclic) bond motifs is 3. The second kappa shape index (κ2) is 6.80. The zero-order valence-electron chi connectivity index (χ0n) is 15.6. The van der Waals surface area contributed by atoms with Crippen LogP contribution in [0.2, 0.25) is 0 Å². The number of nitrogens with zero attached hydrogens (tertiary/aromatic N) is 1. The SMILES string of the molecule is COc1cc(Br)c(C2C(C#N)=C(N)Oc3c2ccc2[nH]c(C)cc32)cc1OC. The number of rotatable bonds is 3. The number of hydrogen-bond acceptors (Lipinski definition) is 5. The Morgan fingerprint density at radius 1 is 1.14 bits per heavy atom. The molecule has 3 aromatic rings. The standard InChI is InChI=1S/C21H18BrN3O3/c1-10-6-13-16(25-10)5-4-11-19(14(9-23)21(24)28-20(11)13)12-7-17(26-2)18(27-3)8-15(12)22/h4-8,19,25H,24H2,1-3H3. The number of nitrogens with two attached hydrogens (primary N) is 1. The molecule has 0 bridgehead atoms. The molecule has 3 N–H and O–H groups in total. The number of aromatic nitrogens is 1. The van der Waals surface area contributed by atoms with Crippen LogP contribution in [-0.4, -0.2) is 19.2 Å². The molecular formula is C21H18BrN3O3. The Bertz CT molecular complexity index is 1170. The van der Waals surface area contributed by atoms with Crippen LogP contribution in [0.1, 0.15) is 22.7 Å². The van der Waals surface area contributed by atoms with Crippen LogP contribution in [0.15, 0.2) is 46.3 Å². The summed E-state index contributed by atoms with van der Waals surface area (Å²) in [5.41, 5.74) is 10.2. The number of hydrogen-bond donors (Lipinski definition) is 2. The van der Waals surface area contributed by atoms with Gasteiger partial charge < -0.3 is 24.9 Å². The summed E-state index contributed by atoms with van der Waals surface area (Å²) in [6, 6.07) is 11.9. The number of ether oxygens (including phenoxy) is 3. The zero-order chi connectivity index (χ0) is 20.0. The van der Waals surface area contributed by atoms with Crippen molar-refractivity contribution in [3.8, 4) is 23.3 Å². The third kappa shape index (κ3) is 2.69. The van der Waals surface area contributed by atoms with Gasteiger partial charge in [-0.05, 0) is 36.8 Å². The highest BCUT2D eigenvalue weighted by Gasteiger charge is 2.34. The first-order valence-corrected chi connectivity index (χ1v) is 9.39. The van der Waals surface area contributed by atoms with Crippen molar-refractivity contribution in [1.82, 2.24) is 4.98 Å². The van der Waals surface area contributed by atoms with Gasteiger partial charge in [-0.15, -0.1) is 0 Å². The van der Waals surface area contributed by atoms with Gasteiger partial charge in [0.15, 0.2) is 11.5 Å². The van der Waals surface area contributed by atoms with E-state index >= 15 is 0 Å². The molecule has 0 amide bonds. The smallest absolute Gasteiger partial charge is 0.205 e. The van der Waals surface area contributed by atoms with Gasteiger partial charge in [-0.25, -0.2) is 0 Å². The van der Waals surface area contributed by atoms with E-state index in [1.807, 2.05) is 37.3 Å². The van der Waals surface area contributed by atoms with E-state index in [1.54, 1.807) is 14.2 Å². The molecule has 0 spiro atoms. The van der Waals surface area contributed by atoms with E-state index in [2.05, 4.69) is 27.0 Å². The van der Waals surface area contributed by atoms with Crippen LogP contribution in [0, 0.1) is 18.3 Å². The summed E-state index contributed by atoms with van der Waals surface area (Å²) in [5, 5.41) is 10.7. The molecule has 0 radical (unpaired) electrons. The van der Waals surface area contributed by atoms with E-state index < -0.39 is 5.92 Å². The van der Waals surface area contributed by atoms with Crippen molar-refractivity contribution < 1.29 is 14.2 Å². The Kier molecular flexibility index (Phi) is 4.44. The number of nitrogens with one attached hydrogen (secondary N) is 1. The van der Waals surface area contributed by atoms with E-state index in [-0.39, 0.29) is 5.88 Å². The van der Waals surface area contributed by atoms with Crippen LogP contribution in [0.5, 0.6) is 17.2 Å². The number of benzene rings is 2. The second-order valence-corrected chi connectivity index (χ2v) is 7.41. The second-order valence-electron chi connectivity index (χ2n) is 6.55. The minimum Gasteiger partial charge on any atom is -0.493 e. The van der Waals surface area contributed by atoms with Crippen molar-refractivity contribution in [2.45, 2.75) is 12.8 Å². The Morgan fingerprint density at radius 2 is 1.86 bits per heavy atom. The van der Waals surface area contributed by atoms with Gasteiger partial charge >= 0.3 is 0 Å². The molecule has 0 aliphatic carbocycles. The van der Waals surface area contributed by atoms with Crippen LogP contribution in [0.3, 0.4) is 0 Å². The third-order valence-corrected chi connectivity index (χ3v) is 5.62. The average molecular weight is 440 g/mol. The lowest BCUT2D eigenvalue weighted by Crippen LogP contribution is -2.21. The van der Waals surface area contributed by atoms with Crippen LogP contribution in [0.25, 0.3) is 10.9 Å². The highest BCUT2D eigenvalue weighted by molar-refractivity contribution is 9.10. The van der Waals surface area contributed by atoms with Gasteiger partial charge in [-0.1, -0.05) is 22.0 Å². The monoisotopic (exact) mass is 439 g/mol. The maximum absolute atomic E-state index is 9.81. The van der Waals surface area contributed by atoms with Gasteiger partial charge in [0, 0.05) is 26.6 Å². The molecule has 1 aliphatic heterocycles. The van der Waals surface area contributed by atoms with Crippen molar-refractivity contribution in [2.75, 3.05) is 14.2 Å². The molecule has 1 aromatic heterocycles. The first-order valence-electron chi connectivity index (χ1n) is 8.59. The minimum absolute atomic E-state index is 0.105. The number of halogens is 1. The summed E-state index contributed by atoms with van der Waals surface area (Å²) < 4.78 is 17.5. The normalized spacial score (nSPS) is 15.8. The van der Waals surface area contributed by atoms with Gasteiger partial charge in [0.25, 0.3) is 0 Å². The molecule has 2 heterocycles. The molecule has 142 valence electrons. The Balaban J connectivity index is 2.01. The topological polar surface area (TPSA) is 93.3 Å². The Labute approximate surface area is 170 Å². The predicted molar refractivity (Wildman–Crippen MR) is 110 cm³/mol. The molecule has 2 aromatic carbocycles. The third-order valence-electron chi connectivity index (χ3n) is 4.93. The molecule has 0 fully saturated rings. The zero-order valence-corrected chi connectivity index (χ0v) is 17.2. The molecule has 4 rings (SSSR count). The first kappa shape index (κ1) is 18.3. The number of aromatic amines is 1. The molecule has 7 heteroatoms. The summed E-state index contributed by atoms with van der Waals surface area (Å²) >= 11 is 3.61. The van der Waals surface area contributed by atoms with E-state index in [1.165, 1.54) is 0 Å². The van der Waals surface area contributed by atoms with Gasteiger partial charge in [-0.3, -0.25) is 0 Å². The minimum atomic E-state index is -0.400. The van der Waals surface area contributed by atoms with E-state index in [9.17, 15) is 5.26 Å². The number of aryl methyl sites for hydroxylation is 1. The van der Waals surface area contributed by atoms with Crippen LogP contribution in [0.4, 0.5) is 0 Å². The van der Waals surface area contributed by atoms with Crippen molar-refractivity contribution in [3.63, 3.8) is 0 Å². The van der Waals surface area contributed by atoms with Crippen LogP contribution in [-0.2, 0) is 0 Å². The lowest BCUT2D eigenvalue weighted by molar-refractivity contribution is 0.354. The summed E-state index contributed by atoms with van der Waals surface area (Å²) in [6.07, 6.45) is 0.